The molecule has 0 aliphatic carbocycles. The summed E-state index contributed by atoms with van der Waals surface area (Å²) in [6.07, 6.45) is 0. The third kappa shape index (κ3) is 3.10. The summed E-state index contributed by atoms with van der Waals surface area (Å²) in [5.74, 6) is -1.60. The van der Waals surface area contributed by atoms with Gasteiger partial charge in [-0.25, -0.2) is 0 Å². The summed E-state index contributed by atoms with van der Waals surface area (Å²) < 4.78 is 5.10. The van der Waals surface area contributed by atoms with E-state index in [9.17, 15) is 14.4 Å². The molecule has 116 valence electrons. The lowest BCUT2D eigenvalue weighted by molar-refractivity contribution is -0.145. The summed E-state index contributed by atoms with van der Waals surface area (Å²) in [4.78, 5) is 37.1. The number of imide groups is 1. The van der Waals surface area contributed by atoms with Crippen LogP contribution >= 0.6 is 11.6 Å². The first-order chi connectivity index (χ1) is 11.1. The van der Waals surface area contributed by atoms with Crippen molar-refractivity contribution in [3.05, 3.63) is 70.2 Å². The zero-order valence-electron chi connectivity index (χ0n) is 12.0. The second kappa shape index (κ2) is 6.22. The monoisotopic (exact) mass is 329 g/mol. The van der Waals surface area contributed by atoms with Gasteiger partial charge in [0.1, 0.15) is 13.2 Å². The minimum absolute atomic E-state index is 0.0547. The Hall–Kier alpha value is -2.66. The smallest absolute Gasteiger partial charge is 0.326 e. The molecule has 0 atom stereocenters. The van der Waals surface area contributed by atoms with E-state index in [-0.39, 0.29) is 6.61 Å². The number of carbonyl (C=O) groups is 3. The molecule has 0 bridgehead atoms. The van der Waals surface area contributed by atoms with Gasteiger partial charge < -0.3 is 4.74 Å². The first-order valence-electron chi connectivity index (χ1n) is 6.91. The van der Waals surface area contributed by atoms with Crippen molar-refractivity contribution >= 4 is 29.4 Å². The fourth-order valence-electron chi connectivity index (χ4n) is 2.30. The van der Waals surface area contributed by atoms with Crippen molar-refractivity contribution in [2.45, 2.75) is 6.61 Å². The van der Waals surface area contributed by atoms with Crippen LogP contribution in [0.4, 0.5) is 0 Å². The standard InChI is InChI=1S/C17H12ClNO4/c18-12-7-5-11(6-8-12)10-23-15(20)9-19-16(21)13-3-1-2-4-14(13)17(19)22/h1-8H,9-10H2. The molecular weight excluding hydrogens is 318 g/mol. The Morgan fingerprint density at radius 3 is 2.09 bits per heavy atom. The number of ether oxygens (including phenoxy) is 1. The Bertz CT molecular complexity index is 750. The Balaban J connectivity index is 1.62. The van der Waals surface area contributed by atoms with Gasteiger partial charge in [-0.3, -0.25) is 19.3 Å². The highest BCUT2D eigenvalue weighted by Crippen LogP contribution is 2.22. The quantitative estimate of drug-likeness (QED) is 0.639. The van der Waals surface area contributed by atoms with Crippen LogP contribution in [0.3, 0.4) is 0 Å². The second-order valence-corrected chi connectivity index (χ2v) is 5.47. The number of carbonyl (C=O) groups excluding carboxylic acids is 3. The molecule has 1 aliphatic rings. The number of fused-ring (bicyclic) bond motifs is 1. The fourth-order valence-corrected chi connectivity index (χ4v) is 2.43. The number of hydrogen-bond donors (Lipinski definition) is 0. The van der Waals surface area contributed by atoms with Crippen molar-refractivity contribution in [3.8, 4) is 0 Å². The maximum atomic E-state index is 12.1. The number of amides is 2. The van der Waals surface area contributed by atoms with Crippen LogP contribution in [-0.2, 0) is 16.1 Å². The van der Waals surface area contributed by atoms with Crippen LogP contribution in [0.25, 0.3) is 0 Å². The largest absolute Gasteiger partial charge is 0.459 e. The lowest BCUT2D eigenvalue weighted by atomic mass is 10.1. The molecule has 0 radical (unpaired) electrons. The first-order valence-corrected chi connectivity index (χ1v) is 7.29. The van der Waals surface area contributed by atoms with Gasteiger partial charge in [-0.1, -0.05) is 35.9 Å². The van der Waals surface area contributed by atoms with Crippen LogP contribution in [0.5, 0.6) is 0 Å². The van der Waals surface area contributed by atoms with Crippen LogP contribution in [-0.4, -0.2) is 29.2 Å². The molecular formula is C17H12ClNO4. The fraction of sp³-hybridized carbons (Fsp3) is 0.118. The topological polar surface area (TPSA) is 63.7 Å². The van der Waals surface area contributed by atoms with Crippen molar-refractivity contribution in [1.29, 1.82) is 0 Å². The van der Waals surface area contributed by atoms with Gasteiger partial charge >= 0.3 is 5.97 Å². The van der Waals surface area contributed by atoms with Crippen molar-refractivity contribution in [3.63, 3.8) is 0 Å². The van der Waals surface area contributed by atoms with Crippen LogP contribution in [0.15, 0.2) is 48.5 Å². The summed E-state index contributed by atoms with van der Waals surface area (Å²) in [6.45, 7) is -0.348. The third-order valence-electron chi connectivity index (χ3n) is 3.48. The lowest BCUT2D eigenvalue weighted by Gasteiger charge is -2.13. The zero-order valence-corrected chi connectivity index (χ0v) is 12.7. The molecule has 23 heavy (non-hydrogen) atoms. The number of benzene rings is 2. The highest BCUT2D eigenvalue weighted by molar-refractivity contribution is 6.30. The predicted octanol–water partition coefficient (Wildman–Crippen LogP) is 2.68. The molecule has 0 spiro atoms. The first kappa shape index (κ1) is 15.2. The lowest BCUT2D eigenvalue weighted by Crippen LogP contribution is -2.35. The summed E-state index contributed by atoms with van der Waals surface area (Å²) >= 11 is 5.77. The summed E-state index contributed by atoms with van der Waals surface area (Å²) in [5.41, 5.74) is 1.39. The molecule has 0 fully saturated rings. The van der Waals surface area contributed by atoms with E-state index in [1.807, 2.05) is 0 Å². The van der Waals surface area contributed by atoms with Crippen molar-refractivity contribution < 1.29 is 19.1 Å². The number of rotatable bonds is 4. The van der Waals surface area contributed by atoms with E-state index >= 15 is 0 Å². The molecule has 0 aromatic heterocycles. The Morgan fingerprint density at radius 2 is 1.52 bits per heavy atom. The van der Waals surface area contributed by atoms with E-state index < -0.39 is 24.3 Å². The average Bonchev–Trinajstić information content (AvgIpc) is 2.80. The third-order valence-corrected chi connectivity index (χ3v) is 3.73. The molecule has 5 nitrogen and oxygen atoms in total. The molecule has 0 saturated heterocycles. The summed E-state index contributed by atoms with van der Waals surface area (Å²) in [6, 6.07) is 13.3. The molecule has 1 heterocycles. The van der Waals surface area contributed by atoms with E-state index in [2.05, 4.69) is 0 Å². The van der Waals surface area contributed by atoms with Gasteiger partial charge in [0.05, 0.1) is 11.1 Å². The zero-order chi connectivity index (χ0) is 16.4. The molecule has 2 amide bonds. The van der Waals surface area contributed by atoms with Gasteiger partial charge in [-0.05, 0) is 29.8 Å². The maximum absolute atomic E-state index is 12.1. The molecule has 0 N–H and O–H groups in total. The molecule has 1 aliphatic heterocycles. The van der Waals surface area contributed by atoms with Crippen LogP contribution in [0.1, 0.15) is 26.3 Å². The van der Waals surface area contributed by atoms with Crippen molar-refractivity contribution in [1.82, 2.24) is 4.90 Å². The molecule has 2 aromatic rings. The van der Waals surface area contributed by atoms with E-state index in [1.54, 1.807) is 48.5 Å². The SMILES string of the molecule is O=C(CN1C(=O)c2ccccc2C1=O)OCc1ccc(Cl)cc1. The second-order valence-electron chi connectivity index (χ2n) is 5.03. The minimum atomic E-state index is -0.644. The molecule has 3 rings (SSSR count). The van der Waals surface area contributed by atoms with E-state index in [4.69, 9.17) is 16.3 Å². The normalized spacial score (nSPS) is 13.2. The van der Waals surface area contributed by atoms with E-state index in [1.165, 1.54) is 0 Å². The number of halogens is 1. The molecule has 6 heteroatoms. The van der Waals surface area contributed by atoms with Gasteiger partial charge in [0.25, 0.3) is 11.8 Å². The van der Waals surface area contributed by atoms with Crippen LogP contribution < -0.4 is 0 Å². The van der Waals surface area contributed by atoms with E-state index in [0.29, 0.717) is 16.1 Å². The molecule has 2 aromatic carbocycles. The summed E-state index contributed by atoms with van der Waals surface area (Å²) in [7, 11) is 0. The average molecular weight is 330 g/mol. The van der Waals surface area contributed by atoms with Crippen LogP contribution in [0, 0.1) is 0 Å². The van der Waals surface area contributed by atoms with Crippen LogP contribution in [0.2, 0.25) is 5.02 Å². The van der Waals surface area contributed by atoms with Gasteiger partial charge in [-0.15, -0.1) is 0 Å². The Labute approximate surface area is 137 Å². The van der Waals surface area contributed by atoms with Crippen molar-refractivity contribution in [2.75, 3.05) is 6.54 Å². The van der Waals surface area contributed by atoms with Gasteiger partial charge in [0.15, 0.2) is 0 Å². The van der Waals surface area contributed by atoms with Gasteiger partial charge in [-0.2, -0.15) is 0 Å². The van der Waals surface area contributed by atoms with Crippen molar-refractivity contribution in [2.24, 2.45) is 0 Å². The van der Waals surface area contributed by atoms with E-state index in [0.717, 1.165) is 10.5 Å². The molecule has 0 saturated carbocycles. The highest BCUT2D eigenvalue weighted by atomic mass is 35.5. The minimum Gasteiger partial charge on any atom is -0.459 e. The number of nitrogens with zero attached hydrogens (tertiary/aromatic N) is 1. The molecule has 0 unspecified atom stereocenters. The number of hydrogen-bond acceptors (Lipinski definition) is 4. The highest BCUT2D eigenvalue weighted by Gasteiger charge is 2.36. The Morgan fingerprint density at radius 1 is 0.957 bits per heavy atom. The van der Waals surface area contributed by atoms with Gasteiger partial charge in [0.2, 0.25) is 0 Å². The maximum Gasteiger partial charge on any atom is 0.326 e. The Kier molecular flexibility index (Phi) is 4.12. The predicted molar refractivity (Wildman–Crippen MR) is 83.1 cm³/mol. The number of esters is 1. The summed E-state index contributed by atoms with van der Waals surface area (Å²) in [5, 5.41) is 0.589. The van der Waals surface area contributed by atoms with Gasteiger partial charge in [0, 0.05) is 5.02 Å².